The molecule has 110 valence electrons. The Balaban J connectivity index is 2.75. The molecule has 9 heteroatoms. The maximum absolute atomic E-state index is 12.5. The topological polar surface area (TPSA) is 82.0 Å². The summed E-state index contributed by atoms with van der Waals surface area (Å²) < 4.78 is 61.2. The summed E-state index contributed by atoms with van der Waals surface area (Å²) in [4.78, 5) is 0. The molecule has 2 N–H and O–H groups in total. The van der Waals surface area contributed by atoms with Gasteiger partial charge in [-0.15, -0.1) is 0 Å². The van der Waals surface area contributed by atoms with Crippen molar-refractivity contribution in [2.24, 2.45) is 0 Å². The monoisotopic (exact) mass is 307 g/mol. The number of nitriles is 1. The normalized spacial score (nSPS) is 11.9. The van der Waals surface area contributed by atoms with Gasteiger partial charge in [-0.1, -0.05) is 0 Å². The SMILES string of the molecule is CS(=O)(=O)NCCNc1ccc(C(F)(F)F)cc1C#N. The van der Waals surface area contributed by atoms with E-state index in [1.807, 2.05) is 0 Å². The molecule has 0 saturated heterocycles. The highest BCUT2D eigenvalue weighted by atomic mass is 32.2. The number of sulfonamides is 1. The van der Waals surface area contributed by atoms with Crippen LogP contribution in [-0.2, 0) is 16.2 Å². The van der Waals surface area contributed by atoms with E-state index in [0.29, 0.717) is 0 Å². The maximum Gasteiger partial charge on any atom is 0.416 e. The van der Waals surface area contributed by atoms with Crippen LogP contribution in [0.1, 0.15) is 11.1 Å². The molecular formula is C11H12F3N3O2S. The second-order valence-electron chi connectivity index (χ2n) is 3.96. The van der Waals surface area contributed by atoms with Crippen LogP contribution in [0.2, 0.25) is 0 Å². The lowest BCUT2D eigenvalue weighted by molar-refractivity contribution is -0.137. The summed E-state index contributed by atoms with van der Waals surface area (Å²) in [5, 5.41) is 11.5. The molecule has 20 heavy (non-hydrogen) atoms. The Morgan fingerprint density at radius 2 is 1.95 bits per heavy atom. The third-order valence-electron chi connectivity index (χ3n) is 2.27. The maximum atomic E-state index is 12.5. The fourth-order valence-electron chi connectivity index (χ4n) is 1.40. The molecule has 0 aliphatic carbocycles. The molecule has 0 radical (unpaired) electrons. The molecule has 1 rings (SSSR count). The first-order valence-electron chi connectivity index (χ1n) is 5.43. The lowest BCUT2D eigenvalue weighted by Crippen LogP contribution is -2.27. The van der Waals surface area contributed by atoms with Gasteiger partial charge >= 0.3 is 6.18 Å². The number of rotatable bonds is 5. The third-order valence-corrected chi connectivity index (χ3v) is 3.00. The van der Waals surface area contributed by atoms with Gasteiger partial charge in [0.15, 0.2) is 0 Å². The van der Waals surface area contributed by atoms with E-state index in [0.717, 1.165) is 24.5 Å². The van der Waals surface area contributed by atoms with Gasteiger partial charge in [0.05, 0.1) is 23.1 Å². The molecule has 0 unspecified atom stereocenters. The van der Waals surface area contributed by atoms with E-state index in [1.54, 1.807) is 6.07 Å². The van der Waals surface area contributed by atoms with Gasteiger partial charge in [-0.25, -0.2) is 13.1 Å². The standard InChI is InChI=1S/C11H12F3N3O2S/c1-20(18,19)17-5-4-16-10-3-2-9(11(12,13)14)6-8(10)7-15/h2-3,6,16-17H,4-5H2,1H3. The van der Waals surface area contributed by atoms with Crippen LogP contribution >= 0.6 is 0 Å². The summed E-state index contributed by atoms with van der Waals surface area (Å²) in [6, 6.07) is 4.40. The van der Waals surface area contributed by atoms with Crippen LogP contribution in [-0.4, -0.2) is 27.8 Å². The molecule has 0 aromatic heterocycles. The molecule has 0 aliphatic rings. The molecule has 0 saturated carbocycles. The van der Waals surface area contributed by atoms with E-state index < -0.39 is 21.8 Å². The zero-order chi connectivity index (χ0) is 15.4. The number of nitrogens with zero attached hydrogens (tertiary/aromatic N) is 1. The second-order valence-corrected chi connectivity index (χ2v) is 5.80. The van der Waals surface area contributed by atoms with Crippen LogP contribution in [0.25, 0.3) is 0 Å². The van der Waals surface area contributed by atoms with Gasteiger partial charge in [-0.05, 0) is 18.2 Å². The van der Waals surface area contributed by atoms with Crippen molar-refractivity contribution in [2.75, 3.05) is 24.7 Å². The predicted octanol–water partition coefficient (Wildman–Crippen LogP) is 1.54. The van der Waals surface area contributed by atoms with Gasteiger partial charge in [0, 0.05) is 13.1 Å². The highest BCUT2D eigenvalue weighted by Crippen LogP contribution is 2.31. The highest BCUT2D eigenvalue weighted by molar-refractivity contribution is 7.88. The molecule has 0 heterocycles. The smallest absolute Gasteiger partial charge is 0.383 e. The van der Waals surface area contributed by atoms with Gasteiger partial charge in [-0.3, -0.25) is 0 Å². The number of anilines is 1. The number of hydrogen-bond donors (Lipinski definition) is 2. The number of hydrogen-bond acceptors (Lipinski definition) is 4. The fraction of sp³-hybridized carbons (Fsp3) is 0.364. The first kappa shape index (κ1) is 16.3. The Labute approximate surface area is 114 Å². The van der Waals surface area contributed by atoms with Crippen molar-refractivity contribution in [1.29, 1.82) is 5.26 Å². The van der Waals surface area contributed by atoms with Gasteiger partial charge in [0.2, 0.25) is 10.0 Å². The summed E-state index contributed by atoms with van der Waals surface area (Å²) in [6.45, 7) is 0.206. The van der Waals surface area contributed by atoms with Crippen LogP contribution in [0.3, 0.4) is 0 Å². The van der Waals surface area contributed by atoms with Gasteiger partial charge in [0.1, 0.15) is 6.07 Å². The van der Waals surface area contributed by atoms with E-state index in [4.69, 9.17) is 5.26 Å². The highest BCUT2D eigenvalue weighted by Gasteiger charge is 2.31. The molecule has 1 aromatic carbocycles. The lowest BCUT2D eigenvalue weighted by Gasteiger charge is -2.11. The summed E-state index contributed by atoms with van der Waals surface area (Å²) in [6.07, 6.45) is -3.52. The molecule has 0 amide bonds. The Hall–Kier alpha value is -1.79. The minimum Gasteiger partial charge on any atom is -0.383 e. The van der Waals surface area contributed by atoms with Crippen molar-refractivity contribution in [3.63, 3.8) is 0 Å². The quantitative estimate of drug-likeness (QED) is 0.808. The Morgan fingerprint density at radius 3 is 2.45 bits per heavy atom. The average molecular weight is 307 g/mol. The van der Waals surface area contributed by atoms with E-state index >= 15 is 0 Å². The van der Waals surface area contributed by atoms with Gasteiger partial charge in [0.25, 0.3) is 0 Å². The average Bonchev–Trinajstić information content (AvgIpc) is 2.32. The number of benzene rings is 1. The Morgan fingerprint density at radius 1 is 1.30 bits per heavy atom. The molecule has 0 atom stereocenters. The Kier molecular flexibility index (Phi) is 4.97. The predicted molar refractivity (Wildman–Crippen MR) is 67.5 cm³/mol. The van der Waals surface area contributed by atoms with E-state index in [9.17, 15) is 21.6 Å². The van der Waals surface area contributed by atoms with Crippen molar-refractivity contribution >= 4 is 15.7 Å². The van der Waals surface area contributed by atoms with Crippen LogP contribution < -0.4 is 10.0 Å². The van der Waals surface area contributed by atoms with E-state index in [2.05, 4.69) is 10.0 Å². The third kappa shape index (κ3) is 5.07. The molecular weight excluding hydrogens is 295 g/mol. The molecule has 1 aromatic rings. The molecule has 0 bridgehead atoms. The van der Waals surface area contributed by atoms with Crippen LogP contribution in [0.5, 0.6) is 0 Å². The number of alkyl halides is 3. The Bertz CT molecular complexity index is 621. The zero-order valence-corrected chi connectivity index (χ0v) is 11.3. The number of nitrogens with one attached hydrogen (secondary N) is 2. The van der Waals surface area contributed by atoms with Crippen LogP contribution in [0.4, 0.5) is 18.9 Å². The van der Waals surface area contributed by atoms with Crippen molar-refractivity contribution < 1.29 is 21.6 Å². The molecule has 5 nitrogen and oxygen atoms in total. The molecule has 0 aliphatic heterocycles. The number of halogens is 3. The minimum atomic E-state index is -4.51. The first-order chi connectivity index (χ1) is 9.13. The lowest BCUT2D eigenvalue weighted by atomic mass is 10.1. The van der Waals surface area contributed by atoms with E-state index in [1.165, 1.54) is 0 Å². The van der Waals surface area contributed by atoms with Crippen LogP contribution in [0.15, 0.2) is 18.2 Å². The van der Waals surface area contributed by atoms with Crippen molar-refractivity contribution in [1.82, 2.24) is 4.72 Å². The van der Waals surface area contributed by atoms with Crippen molar-refractivity contribution in [3.05, 3.63) is 29.3 Å². The fourth-order valence-corrected chi connectivity index (χ4v) is 1.87. The van der Waals surface area contributed by atoms with Gasteiger partial charge < -0.3 is 5.32 Å². The minimum absolute atomic E-state index is 0.0602. The summed E-state index contributed by atoms with van der Waals surface area (Å²) in [5.74, 6) is 0. The molecule has 0 fully saturated rings. The van der Waals surface area contributed by atoms with Crippen molar-refractivity contribution in [3.8, 4) is 6.07 Å². The molecule has 0 spiro atoms. The first-order valence-corrected chi connectivity index (χ1v) is 7.32. The van der Waals surface area contributed by atoms with Crippen molar-refractivity contribution in [2.45, 2.75) is 6.18 Å². The summed E-state index contributed by atoms with van der Waals surface area (Å²) >= 11 is 0. The van der Waals surface area contributed by atoms with Crippen LogP contribution in [0, 0.1) is 11.3 Å². The summed E-state index contributed by atoms with van der Waals surface area (Å²) in [5.41, 5.74) is -0.844. The van der Waals surface area contributed by atoms with E-state index in [-0.39, 0.29) is 24.3 Å². The second kappa shape index (κ2) is 6.11. The largest absolute Gasteiger partial charge is 0.416 e. The van der Waals surface area contributed by atoms with Gasteiger partial charge in [-0.2, -0.15) is 18.4 Å². The summed E-state index contributed by atoms with van der Waals surface area (Å²) in [7, 11) is -3.32. The zero-order valence-electron chi connectivity index (χ0n) is 10.5.